The summed E-state index contributed by atoms with van der Waals surface area (Å²) in [6, 6.07) is 10.0. The third-order valence-electron chi connectivity index (χ3n) is 2.65. The molecule has 0 heterocycles. The lowest BCUT2D eigenvalue weighted by atomic mass is 10.3. The molecule has 0 saturated heterocycles. The van der Waals surface area contributed by atoms with E-state index in [0.29, 0.717) is 19.2 Å². The fourth-order valence-electron chi connectivity index (χ4n) is 1.62. The highest BCUT2D eigenvalue weighted by atomic mass is 16.5. The molecule has 1 unspecified atom stereocenters. The third-order valence-corrected chi connectivity index (χ3v) is 2.65. The van der Waals surface area contributed by atoms with Gasteiger partial charge in [-0.25, -0.2) is 0 Å². The number of carbonyl (C=O) groups excluding carboxylic acids is 1. The van der Waals surface area contributed by atoms with Crippen LogP contribution in [0.2, 0.25) is 0 Å². The van der Waals surface area contributed by atoms with Gasteiger partial charge in [-0.1, -0.05) is 18.2 Å². The largest absolute Gasteiger partial charge is 0.488 e. The van der Waals surface area contributed by atoms with Crippen molar-refractivity contribution in [1.29, 1.82) is 0 Å². The molecule has 0 radical (unpaired) electrons. The average molecular weight is 237 g/mol. The number of para-hydroxylation sites is 1. The number of benzene rings is 1. The van der Waals surface area contributed by atoms with Crippen molar-refractivity contribution >= 4 is 5.91 Å². The van der Waals surface area contributed by atoms with Crippen molar-refractivity contribution in [3.63, 3.8) is 0 Å². The topological polar surface area (TPSA) is 56.8 Å². The van der Waals surface area contributed by atoms with Crippen LogP contribution in [0.15, 0.2) is 30.3 Å². The van der Waals surface area contributed by atoms with Gasteiger partial charge in [0.2, 0.25) is 0 Å². The summed E-state index contributed by atoms with van der Waals surface area (Å²) in [4.78, 5) is 12.1. The molecular weight excluding hydrogens is 216 g/mol. The predicted octanol–water partition coefficient (Wildman–Crippen LogP) is -0.156. The predicted molar refractivity (Wildman–Crippen MR) is 67.0 cm³/mol. The monoisotopic (exact) mass is 237 g/mol. The van der Waals surface area contributed by atoms with Crippen molar-refractivity contribution in [2.75, 3.05) is 19.7 Å². The summed E-state index contributed by atoms with van der Waals surface area (Å²) in [5, 5.41) is 0. The molecule has 0 saturated carbocycles. The van der Waals surface area contributed by atoms with E-state index >= 15 is 0 Å². The van der Waals surface area contributed by atoms with Crippen molar-refractivity contribution in [3.8, 4) is 5.75 Å². The van der Waals surface area contributed by atoms with E-state index in [0.717, 1.165) is 17.2 Å². The number of hydrogen-bond acceptors (Lipinski definition) is 2. The zero-order valence-corrected chi connectivity index (χ0v) is 10.5. The second kappa shape index (κ2) is 6.91. The number of primary amides is 1. The molecule has 1 atom stereocenters. The zero-order valence-electron chi connectivity index (χ0n) is 10.5. The van der Waals surface area contributed by atoms with E-state index in [9.17, 15) is 4.79 Å². The van der Waals surface area contributed by atoms with Crippen molar-refractivity contribution in [1.82, 2.24) is 0 Å². The number of ether oxygens (including phenoxy) is 1. The van der Waals surface area contributed by atoms with Gasteiger partial charge in [-0.15, -0.1) is 0 Å². The second-order valence-corrected chi connectivity index (χ2v) is 4.37. The molecule has 1 aromatic carbocycles. The Morgan fingerprint density at radius 3 is 2.53 bits per heavy atom. The Bertz CT molecular complexity index is 339. The summed E-state index contributed by atoms with van der Waals surface area (Å²) in [5.74, 6) is 0.586. The number of rotatable bonds is 7. The van der Waals surface area contributed by atoms with Gasteiger partial charge in [0.1, 0.15) is 18.9 Å². The second-order valence-electron chi connectivity index (χ2n) is 4.37. The highest BCUT2D eigenvalue weighted by Gasteiger charge is 2.15. The van der Waals surface area contributed by atoms with Gasteiger partial charge in [0.15, 0.2) is 6.54 Å². The third kappa shape index (κ3) is 5.36. The molecule has 4 heteroatoms. The maximum atomic E-state index is 10.9. The Morgan fingerprint density at radius 1 is 1.35 bits per heavy atom. The molecule has 4 nitrogen and oxygen atoms in total. The van der Waals surface area contributed by atoms with Gasteiger partial charge in [-0.3, -0.25) is 4.79 Å². The first-order valence-electron chi connectivity index (χ1n) is 5.90. The number of carbonyl (C=O) groups is 1. The summed E-state index contributed by atoms with van der Waals surface area (Å²) in [6.07, 6.45) is 0. The molecule has 0 aliphatic carbocycles. The summed E-state index contributed by atoms with van der Waals surface area (Å²) >= 11 is 0. The van der Waals surface area contributed by atoms with Gasteiger partial charge >= 0.3 is 0 Å². The van der Waals surface area contributed by atoms with Crippen LogP contribution >= 0.6 is 0 Å². The smallest absolute Gasteiger partial charge is 0.272 e. The first kappa shape index (κ1) is 13.5. The molecule has 3 N–H and O–H groups in total. The number of nitrogens with one attached hydrogen (secondary N) is 1. The highest BCUT2D eigenvalue weighted by molar-refractivity contribution is 5.74. The molecule has 1 amide bonds. The standard InChI is InChI=1S/C13H20N2O2/c1-11(2)15(10-13(14)16)8-9-17-12-6-4-3-5-7-12/h3-7,11H,8-10H2,1-2H3,(H2,14,16)/p+1. The normalized spacial score (nSPS) is 12.4. The lowest BCUT2D eigenvalue weighted by molar-refractivity contribution is -0.913. The van der Waals surface area contributed by atoms with Crippen molar-refractivity contribution in [3.05, 3.63) is 30.3 Å². The Morgan fingerprint density at radius 2 is 2.00 bits per heavy atom. The van der Waals surface area contributed by atoms with Crippen molar-refractivity contribution in [2.24, 2.45) is 5.73 Å². The molecular formula is C13H21N2O2+. The lowest BCUT2D eigenvalue weighted by Gasteiger charge is -2.21. The van der Waals surface area contributed by atoms with Gasteiger partial charge in [-0.05, 0) is 26.0 Å². The van der Waals surface area contributed by atoms with E-state index in [1.807, 2.05) is 30.3 Å². The highest BCUT2D eigenvalue weighted by Crippen LogP contribution is 2.07. The summed E-state index contributed by atoms with van der Waals surface area (Å²) in [6.45, 7) is 5.86. The molecule has 0 spiro atoms. The SMILES string of the molecule is CC(C)[NH+](CCOc1ccccc1)CC(N)=O. The van der Waals surface area contributed by atoms with Crippen LogP contribution in [0.4, 0.5) is 0 Å². The van der Waals surface area contributed by atoms with Crippen LogP contribution in [0, 0.1) is 0 Å². The van der Waals surface area contributed by atoms with Crippen LogP contribution in [-0.2, 0) is 4.79 Å². The minimum atomic E-state index is -0.270. The minimum Gasteiger partial charge on any atom is -0.488 e. The van der Waals surface area contributed by atoms with Crippen molar-refractivity contribution in [2.45, 2.75) is 19.9 Å². The first-order chi connectivity index (χ1) is 8.09. The molecule has 0 aromatic heterocycles. The summed E-state index contributed by atoms with van der Waals surface area (Å²) in [7, 11) is 0. The Hall–Kier alpha value is -1.55. The average Bonchev–Trinajstić information content (AvgIpc) is 2.28. The maximum Gasteiger partial charge on any atom is 0.272 e. The molecule has 94 valence electrons. The number of quaternary nitrogens is 1. The zero-order chi connectivity index (χ0) is 12.7. The molecule has 1 rings (SSSR count). The van der Waals surface area contributed by atoms with Gasteiger partial charge < -0.3 is 15.4 Å². The minimum absolute atomic E-state index is 0.270. The van der Waals surface area contributed by atoms with Crippen LogP contribution in [0.1, 0.15) is 13.8 Å². The molecule has 1 aromatic rings. The van der Waals surface area contributed by atoms with Gasteiger partial charge in [0.05, 0.1) is 6.04 Å². The number of hydrogen-bond donors (Lipinski definition) is 2. The van der Waals surface area contributed by atoms with Gasteiger partial charge in [-0.2, -0.15) is 0 Å². The molecule has 0 fully saturated rings. The van der Waals surface area contributed by atoms with E-state index < -0.39 is 0 Å². The molecule has 0 bridgehead atoms. The van der Waals surface area contributed by atoms with E-state index in [2.05, 4.69) is 13.8 Å². The van der Waals surface area contributed by atoms with Gasteiger partial charge in [0, 0.05) is 0 Å². The fraction of sp³-hybridized carbons (Fsp3) is 0.462. The Labute approximate surface area is 102 Å². The van der Waals surface area contributed by atoms with Crippen LogP contribution < -0.4 is 15.4 Å². The van der Waals surface area contributed by atoms with Crippen LogP contribution in [0.25, 0.3) is 0 Å². The molecule has 17 heavy (non-hydrogen) atoms. The Kier molecular flexibility index (Phi) is 5.49. The molecule has 0 aliphatic heterocycles. The maximum absolute atomic E-state index is 10.9. The summed E-state index contributed by atoms with van der Waals surface area (Å²) < 4.78 is 5.60. The van der Waals surface area contributed by atoms with Crippen LogP contribution in [-0.4, -0.2) is 31.6 Å². The van der Waals surface area contributed by atoms with Crippen molar-refractivity contribution < 1.29 is 14.4 Å². The van der Waals surface area contributed by atoms with E-state index in [4.69, 9.17) is 10.5 Å². The lowest BCUT2D eigenvalue weighted by Crippen LogP contribution is -3.16. The van der Waals surface area contributed by atoms with Gasteiger partial charge in [0.25, 0.3) is 5.91 Å². The first-order valence-corrected chi connectivity index (χ1v) is 5.90. The summed E-state index contributed by atoms with van der Waals surface area (Å²) in [5.41, 5.74) is 5.21. The van der Waals surface area contributed by atoms with E-state index in [1.54, 1.807) is 0 Å². The quantitative estimate of drug-likeness (QED) is 0.692. The number of amides is 1. The van der Waals surface area contributed by atoms with E-state index in [-0.39, 0.29) is 5.91 Å². The van der Waals surface area contributed by atoms with Crippen LogP contribution in [0.5, 0.6) is 5.75 Å². The molecule has 0 aliphatic rings. The van der Waals surface area contributed by atoms with E-state index in [1.165, 1.54) is 0 Å². The Balaban J connectivity index is 2.35. The number of nitrogens with two attached hydrogens (primary N) is 1. The van der Waals surface area contributed by atoms with Crippen LogP contribution in [0.3, 0.4) is 0 Å². The fourth-order valence-corrected chi connectivity index (χ4v) is 1.62.